The predicted molar refractivity (Wildman–Crippen MR) is 135 cm³/mol. The Balaban J connectivity index is 1.63. The highest BCUT2D eigenvalue weighted by Gasteiger charge is 2.36. The first-order valence-corrected chi connectivity index (χ1v) is 11.6. The predicted octanol–water partition coefficient (Wildman–Crippen LogP) is 6.15. The minimum absolute atomic E-state index is 0.130. The number of allylic oxidation sites excluding steroid dienone is 1. The smallest absolute Gasteiger partial charge is 0.326 e. The fourth-order valence-electron chi connectivity index (χ4n) is 4.40. The highest BCUT2D eigenvalue weighted by Crippen LogP contribution is 2.39. The molecule has 3 aromatic carbocycles. The highest BCUT2D eigenvalue weighted by molar-refractivity contribution is 6.01. The minimum atomic E-state index is -0.522. The number of carbonyl (C=O) groups is 1. The quantitative estimate of drug-likeness (QED) is 0.355. The van der Waals surface area contributed by atoms with Crippen LogP contribution in [0.4, 0.5) is 14.9 Å². The van der Waals surface area contributed by atoms with Crippen molar-refractivity contribution in [1.29, 1.82) is 0 Å². The zero-order valence-corrected chi connectivity index (χ0v) is 20.2. The Kier molecular flexibility index (Phi) is 6.25. The number of anilines is 1. The molecule has 0 fully saturated rings. The third-order valence-corrected chi connectivity index (χ3v) is 6.26. The molecular formula is C28H25FN4O3. The van der Waals surface area contributed by atoms with Crippen LogP contribution in [0.5, 0.6) is 5.75 Å². The number of methoxy groups -OCH3 is 1. The molecule has 1 unspecified atom stereocenters. The van der Waals surface area contributed by atoms with Gasteiger partial charge in [0.1, 0.15) is 0 Å². The Morgan fingerprint density at radius 1 is 1.08 bits per heavy atom. The van der Waals surface area contributed by atoms with Gasteiger partial charge in [-0.05, 0) is 54.8 Å². The molecule has 0 saturated carbocycles. The van der Waals surface area contributed by atoms with Gasteiger partial charge in [0.15, 0.2) is 11.6 Å². The molecule has 1 aliphatic rings. The zero-order valence-electron chi connectivity index (χ0n) is 20.2. The van der Waals surface area contributed by atoms with Gasteiger partial charge in [0.25, 0.3) is 5.89 Å². The van der Waals surface area contributed by atoms with E-state index in [1.807, 2.05) is 61.5 Å². The van der Waals surface area contributed by atoms with E-state index >= 15 is 0 Å². The summed E-state index contributed by atoms with van der Waals surface area (Å²) in [5.74, 6) is 0.0789. The average Bonchev–Trinajstić information content (AvgIpc) is 3.38. The molecule has 2 heterocycles. The lowest BCUT2D eigenvalue weighted by molar-refractivity contribution is 0.244. The summed E-state index contributed by atoms with van der Waals surface area (Å²) in [4.78, 5) is 19.6. The maximum absolute atomic E-state index is 14.3. The maximum atomic E-state index is 14.3. The molecule has 1 aliphatic heterocycles. The Morgan fingerprint density at radius 2 is 1.89 bits per heavy atom. The Bertz CT molecular complexity index is 1450. The molecule has 7 nitrogen and oxygen atoms in total. The lowest BCUT2D eigenvalue weighted by atomic mass is 9.94. The molecular weight excluding hydrogens is 459 g/mol. The van der Waals surface area contributed by atoms with Gasteiger partial charge < -0.3 is 14.6 Å². The molecule has 0 spiro atoms. The van der Waals surface area contributed by atoms with Crippen molar-refractivity contribution >= 4 is 17.3 Å². The summed E-state index contributed by atoms with van der Waals surface area (Å²) in [7, 11) is 1.41. The lowest BCUT2D eigenvalue weighted by Crippen LogP contribution is -2.46. The number of hydrogen-bond donors (Lipinski definition) is 1. The molecule has 0 radical (unpaired) electrons. The third kappa shape index (κ3) is 4.22. The van der Waals surface area contributed by atoms with Crippen molar-refractivity contribution in [2.24, 2.45) is 0 Å². The van der Waals surface area contributed by atoms with Gasteiger partial charge in [-0.2, -0.15) is 4.98 Å². The van der Waals surface area contributed by atoms with Crippen molar-refractivity contribution in [2.45, 2.75) is 26.3 Å². The maximum Gasteiger partial charge on any atom is 0.326 e. The molecule has 182 valence electrons. The van der Waals surface area contributed by atoms with Crippen LogP contribution in [0.15, 0.2) is 83.0 Å². The number of urea groups is 1. The number of amides is 2. The molecule has 1 atom stereocenters. The Hall–Kier alpha value is -4.46. The molecule has 0 aliphatic carbocycles. The molecule has 0 bridgehead atoms. The van der Waals surface area contributed by atoms with Crippen molar-refractivity contribution < 1.29 is 18.4 Å². The first-order valence-electron chi connectivity index (χ1n) is 11.6. The Morgan fingerprint density at radius 3 is 2.61 bits per heavy atom. The van der Waals surface area contributed by atoms with Gasteiger partial charge in [-0.1, -0.05) is 54.5 Å². The normalized spacial score (nSPS) is 15.7. The number of halogens is 1. The molecule has 2 amide bonds. The highest BCUT2D eigenvalue weighted by atomic mass is 19.1. The van der Waals surface area contributed by atoms with E-state index in [1.165, 1.54) is 19.2 Å². The number of nitrogens with zero attached hydrogens (tertiary/aromatic N) is 3. The SMILES string of the molecule is CCc1cccc(N2C(=O)NC(c3ccccc3)C(c3nc(-c4ccc(OC)c(F)c4)no3)=C2C)c1. The van der Waals surface area contributed by atoms with E-state index in [0.29, 0.717) is 16.8 Å². The molecule has 4 aromatic rings. The second-order valence-electron chi connectivity index (χ2n) is 8.42. The summed E-state index contributed by atoms with van der Waals surface area (Å²) < 4.78 is 25.0. The van der Waals surface area contributed by atoms with Gasteiger partial charge in [0.2, 0.25) is 5.82 Å². The zero-order chi connectivity index (χ0) is 25.2. The molecule has 36 heavy (non-hydrogen) atoms. The Labute approximate surface area is 208 Å². The molecule has 1 N–H and O–H groups in total. The third-order valence-electron chi connectivity index (χ3n) is 6.26. The fraction of sp³-hybridized carbons (Fsp3) is 0.179. The summed E-state index contributed by atoms with van der Waals surface area (Å²) in [6.07, 6.45) is 0.844. The molecule has 5 rings (SSSR count). The van der Waals surface area contributed by atoms with Crippen molar-refractivity contribution in [3.8, 4) is 17.1 Å². The molecule has 0 saturated heterocycles. The topological polar surface area (TPSA) is 80.5 Å². The van der Waals surface area contributed by atoms with Crippen LogP contribution in [0, 0.1) is 5.82 Å². The molecule has 1 aromatic heterocycles. The summed E-state index contributed by atoms with van der Waals surface area (Å²) in [6.45, 7) is 3.93. The second kappa shape index (κ2) is 9.65. The lowest BCUT2D eigenvalue weighted by Gasteiger charge is -2.35. The number of hydrogen-bond acceptors (Lipinski definition) is 5. The van der Waals surface area contributed by atoms with Gasteiger partial charge in [0, 0.05) is 11.3 Å². The number of benzene rings is 3. The van der Waals surface area contributed by atoms with Gasteiger partial charge in [-0.3, -0.25) is 4.90 Å². The number of aryl methyl sites for hydroxylation is 1. The van der Waals surface area contributed by atoms with Crippen molar-refractivity contribution in [3.05, 3.63) is 101 Å². The summed E-state index contributed by atoms with van der Waals surface area (Å²) in [5.41, 5.74) is 4.50. The van der Waals surface area contributed by atoms with E-state index in [4.69, 9.17) is 9.26 Å². The van der Waals surface area contributed by atoms with Crippen LogP contribution in [0.3, 0.4) is 0 Å². The number of aromatic nitrogens is 2. The van der Waals surface area contributed by atoms with Crippen molar-refractivity contribution in [1.82, 2.24) is 15.5 Å². The van der Waals surface area contributed by atoms with Crippen LogP contribution < -0.4 is 15.0 Å². The first kappa shape index (κ1) is 23.3. The van der Waals surface area contributed by atoms with Crippen LogP contribution in [-0.4, -0.2) is 23.3 Å². The number of rotatable bonds is 6. The van der Waals surface area contributed by atoms with E-state index in [2.05, 4.69) is 22.4 Å². The van der Waals surface area contributed by atoms with E-state index in [-0.39, 0.29) is 23.5 Å². The van der Waals surface area contributed by atoms with Crippen molar-refractivity contribution in [3.63, 3.8) is 0 Å². The molecule has 8 heteroatoms. The van der Waals surface area contributed by atoms with Gasteiger partial charge in [-0.25, -0.2) is 9.18 Å². The van der Waals surface area contributed by atoms with E-state index in [9.17, 15) is 9.18 Å². The van der Waals surface area contributed by atoms with Crippen molar-refractivity contribution in [2.75, 3.05) is 12.0 Å². The number of nitrogens with one attached hydrogen (secondary N) is 1. The van der Waals surface area contributed by atoms with Gasteiger partial charge >= 0.3 is 6.03 Å². The largest absolute Gasteiger partial charge is 0.494 e. The van der Waals surface area contributed by atoms with E-state index < -0.39 is 11.9 Å². The van der Waals surface area contributed by atoms with Gasteiger partial charge in [0.05, 0.1) is 24.4 Å². The van der Waals surface area contributed by atoms with E-state index in [0.717, 1.165) is 23.2 Å². The van der Waals surface area contributed by atoms with Crippen LogP contribution >= 0.6 is 0 Å². The standard InChI is InChI=1S/C28H25FN4O3/c1-4-18-9-8-12-21(15-18)33-17(2)24(25(30-28(33)34)19-10-6-5-7-11-19)27-31-26(32-36-27)20-13-14-23(35-3)22(29)16-20/h5-16,25H,4H2,1-3H3,(H,30,34). The summed E-state index contributed by atoms with van der Waals surface area (Å²) in [6, 6.07) is 21.1. The van der Waals surface area contributed by atoms with Crippen LogP contribution in [0.2, 0.25) is 0 Å². The van der Waals surface area contributed by atoms with E-state index in [1.54, 1.807) is 11.0 Å². The van der Waals surface area contributed by atoms with Crippen LogP contribution in [-0.2, 0) is 6.42 Å². The van der Waals surface area contributed by atoms with Gasteiger partial charge in [-0.15, -0.1) is 0 Å². The first-order chi connectivity index (χ1) is 17.5. The fourth-order valence-corrected chi connectivity index (χ4v) is 4.40. The number of carbonyl (C=O) groups excluding carboxylic acids is 1. The number of ether oxygens (including phenoxy) is 1. The minimum Gasteiger partial charge on any atom is -0.494 e. The summed E-state index contributed by atoms with van der Waals surface area (Å²) >= 11 is 0. The summed E-state index contributed by atoms with van der Waals surface area (Å²) in [5, 5.41) is 7.20. The average molecular weight is 485 g/mol. The van der Waals surface area contributed by atoms with Crippen LogP contribution in [0.25, 0.3) is 17.0 Å². The second-order valence-corrected chi connectivity index (χ2v) is 8.42. The van der Waals surface area contributed by atoms with Crippen LogP contribution in [0.1, 0.15) is 36.9 Å². The monoisotopic (exact) mass is 484 g/mol.